The molecule has 3 rings (SSSR count). The third-order valence-electron chi connectivity index (χ3n) is 3.83. The van der Waals surface area contributed by atoms with Crippen molar-refractivity contribution in [3.05, 3.63) is 65.5 Å². The van der Waals surface area contributed by atoms with Crippen LogP contribution in [0.5, 0.6) is 0 Å². The Morgan fingerprint density at radius 1 is 1.15 bits per heavy atom. The number of thioether (sulfide) groups is 1. The van der Waals surface area contributed by atoms with Gasteiger partial charge in [0.1, 0.15) is 5.82 Å². The minimum Gasteiger partial charge on any atom is -0.327 e. The van der Waals surface area contributed by atoms with Gasteiger partial charge in [0.25, 0.3) is 0 Å². The third-order valence-corrected chi connectivity index (χ3v) is 5.08. The molecule has 2 atom stereocenters. The van der Waals surface area contributed by atoms with Gasteiger partial charge in [-0.2, -0.15) is 0 Å². The molecule has 1 heterocycles. The van der Waals surface area contributed by atoms with E-state index >= 15 is 0 Å². The number of hydrogen-bond acceptors (Lipinski definition) is 2. The van der Waals surface area contributed by atoms with E-state index in [2.05, 4.69) is 24.3 Å². The summed E-state index contributed by atoms with van der Waals surface area (Å²) in [5.41, 5.74) is 8.36. The van der Waals surface area contributed by atoms with Crippen LogP contribution in [-0.2, 0) is 6.42 Å². The Hall–Kier alpha value is -1.32. The molecule has 0 spiro atoms. The van der Waals surface area contributed by atoms with E-state index in [1.54, 1.807) is 6.07 Å². The quantitative estimate of drug-likeness (QED) is 0.920. The molecule has 1 aliphatic rings. The van der Waals surface area contributed by atoms with Crippen molar-refractivity contribution in [1.29, 1.82) is 0 Å². The molecule has 1 aliphatic heterocycles. The van der Waals surface area contributed by atoms with Crippen LogP contribution in [0.4, 0.5) is 4.39 Å². The number of hydrogen-bond donors (Lipinski definition) is 1. The van der Waals surface area contributed by atoms with Gasteiger partial charge in [-0.1, -0.05) is 36.4 Å². The van der Waals surface area contributed by atoms with E-state index in [1.807, 2.05) is 23.9 Å². The van der Waals surface area contributed by atoms with Crippen molar-refractivity contribution in [2.24, 2.45) is 5.73 Å². The molecule has 1 nitrogen and oxygen atoms in total. The van der Waals surface area contributed by atoms with E-state index in [4.69, 9.17) is 5.73 Å². The van der Waals surface area contributed by atoms with Crippen molar-refractivity contribution in [2.75, 3.05) is 5.75 Å². The highest BCUT2D eigenvalue weighted by Gasteiger charge is 2.24. The van der Waals surface area contributed by atoms with E-state index in [0.717, 1.165) is 17.7 Å². The first-order valence-electron chi connectivity index (χ1n) is 6.95. The zero-order chi connectivity index (χ0) is 13.9. The van der Waals surface area contributed by atoms with Gasteiger partial charge in [-0.05, 0) is 42.0 Å². The summed E-state index contributed by atoms with van der Waals surface area (Å²) in [4.78, 5) is 1.37. The molecule has 0 saturated heterocycles. The van der Waals surface area contributed by atoms with Crippen LogP contribution >= 0.6 is 11.8 Å². The van der Waals surface area contributed by atoms with Crippen molar-refractivity contribution in [3.8, 4) is 0 Å². The van der Waals surface area contributed by atoms with Crippen LogP contribution in [0.15, 0.2) is 53.4 Å². The molecular weight excluding hydrogens is 269 g/mol. The first-order chi connectivity index (χ1) is 9.74. The predicted octanol–water partition coefficient (Wildman–Crippen LogP) is 3.98. The summed E-state index contributed by atoms with van der Waals surface area (Å²) in [6, 6.07) is 15.4. The zero-order valence-corrected chi connectivity index (χ0v) is 12.1. The van der Waals surface area contributed by atoms with Gasteiger partial charge in [-0.15, -0.1) is 11.8 Å². The second-order valence-electron chi connectivity index (χ2n) is 5.34. The fraction of sp³-hybridized carbons (Fsp3) is 0.294. The van der Waals surface area contributed by atoms with Gasteiger partial charge in [-0.25, -0.2) is 4.39 Å². The Kier molecular flexibility index (Phi) is 4.08. The standard InChI is InChI=1S/C17H18FNS/c18-16-7-3-1-5-12(16)9-14(19)10-13-11-20-17-8-4-2-6-15(13)17/h1-8,13-14H,9-11,19H2. The minimum atomic E-state index is -0.149. The maximum absolute atomic E-state index is 13.6. The molecule has 20 heavy (non-hydrogen) atoms. The lowest BCUT2D eigenvalue weighted by molar-refractivity contribution is 0.534. The lowest BCUT2D eigenvalue weighted by Gasteiger charge is -2.17. The molecule has 104 valence electrons. The first kappa shape index (κ1) is 13.7. The Morgan fingerprint density at radius 3 is 2.75 bits per heavy atom. The van der Waals surface area contributed by atoms with Gasteiger partial charge in [0, 0.05) is 16.7 Å². The normalized spacial score (nSPS) is 18.8. The van der Waals surface area contributed by atoms with Crippen LogP contribution in [-0.4, -0.2) is 11.8 Å². The molecule has 2 unspecified atom stereocenters. The van der Waals surface area contributed by atoms with E-state index in [9.17, 15) is 4.39 Å². The van der Waals surface area contributed by atoms with Crippen LogP contribution in [0.25, 0.3) is 0 Å². The second kappa shape index (κ2) is 5.98. The Morgan fingerprint density at radius 2 is 1.90 bits per heavy atom. The highest BCUT2D eigenvalue weighted by molar-refractivity contribution is 7.99. The minimum absolute atomic E-state index is 0.00339. The molecule has 3 heteroatoms. The van der Waals surface area contributed by atoms with Crippen LogP contribution in [0.2, 0.25) is 0 Å². The second-order valence-corrected chi connectivity index (χ2v) is 6.40. The number of fused-ring (bicyclic) bond motifs is 1. The Balaban J connectivity index is 1.66. The van der Waals surface area contributed by atoms with Crippen LogP contribution in [0.1, 0.15) is 23.5 Å². The molecule has 0 aliphatic carbocycles. The van der Waals surface area contributed by atoms with Gasteiger partial charge < -0.3 is 5.73 Å². The molecule has 0 bridgehead atoms. The number of benzene rings is 2. The summed E-state index contributed by atoms with van der Waals surface area (Å²) in [6.07, 6.45) is 1.52. The van der Waals surface area contributed by atoms with Gasteiger partial charge in [0.05, 0.1) is 0 Å². The van der Waals surface area contributed by atoms with Gasteiger partial charge in [-0.3, -0.25) is 0 Å². The zero-order valence-electron chi connectivity index (χ0n) is 11.3. The molecule has 0 fully saturated rings. The van der Waals surface area contributed by atoms with Gasteiger partial charge in [0.2, 0.25) is 0 Å². The third kappa shape index (κ3) is 2.89. The average Bonchev–Trinajstić information content (AvgIpc) is 2.85. The summed E-state index contributed by atoms with van der Waals surface area (Å²) in [5.74, 6) is 1.44. The van der Waals surface area contributed by atoms with E-state index < -0.39 is 0 Å². The summed E-state index contributed by atoms with van der Waals surface area (Å²) in [5, 5.41) is 0. The Labute approximate surface area is 123 Å². The van der Waals surface area contributed by atoms with Crippen LogP contribution in [0, 0.1) is 5.82 Å². The molecule has 2 aromatic carbocycles. The van der Waals surface area contributed by atoms with Gasteiger partial charge in [0.15, 0.2) is 0 Å². The van der Waals surface area contributed by atoms with Crippen LogP contribution < -0.4 is 5.73 Å². The monoisotopic (exact) mass is 287 g/mol. The fourth-order valence-electron chi connectivity index (χ4n) is 2.82. The van der Waals surface area contributed by atoms with Crippen molar-refractivity contribution in [3.63, 3.8) is 0 Å². The molecular formula is C17H18FNS. The van der Waals surface area contributed by atoms with Crippen molar-refractivity contribution < 1.29 is 4.39 Å². The highest BCUT2D eigenvalue weighted by Crippen LogP contribution is 2.41. The van der Waals surface area contributed by atoms with Crippen LogP contribution in [0.3, 0.4) is 0 Å². The van der Waals surface area contributed by atoms with Crippen molar-refractivity contribution >= 4 is 11.8 Å². The van der Waals surface area contributed by atoms with E-state index in [1.165, 1.54) is 16.5 Å². The van der Waals surface area contributed by atoms with E-state index in [-0.39, 0.29) is 11.9 Å². The summed E-state index contributed by atoms with van der Waals surface area (Å²) in [7, 11) is 0. The molecule has 0 amide bonds. The molecule has 0 saturated carbocycles. The summed E-state index contributed by atoms with van der Waals surface area (Å²) >= 11 is 1.90. The molecule has 0 radical (unpaired) electrons. The summed E-state index contributed by atoms with van der Waals surface area (Å²) < 4.78 is 13.6. The first-order valence-corrected chi connectivity index (χ1v) is 7.93. The summed E-state index contributed by atoms with van der Waals surface area (Å²) in [6.45, 7) is 0. The topological polar surface area (TPSA) is 26.0 Å². The maximum Gasteiger partial charge on any atom is 0.126 e. The number of nitrogens with two attached hydrogens (primary N) is 1. The molecule has 0 aromatic heterocycles. The SMILES string of the molecule is NC(Cc1ccccc1F)CC1CSc2ccccc21. The average molecular weight is 287 g/mol. The van der Waals surface area contributed by atoms with Crippen molar-refractivity contribution in [2.45, 2.75) is 29.7 Å². The number of halogens is 1. The van der Waals surface area contributed by atoms with Gasteiger partial charge >= 0.3 is 0 Å². The largest absolute Gasteiger partial charge is 0.327 e. The van der Waals surface area contributed by atoms with Crippen molar-refractivity contribution in [1.82, 2.24) is 0 Å². The lowest BCUT2D eigenvalue weighted by atomic mass is 9.91. The predicted molar refractivity (Wildman–Crippen MR) is 82.6 cm³/mol. The maximum atomic E-state index is 13.6. The fourth-order valence-corrected chi connectivity index (χ4v) is 4.09. The highest BCUT2D eigenvalue weighted by atomic mass is 32.2. The van der Waals surface area contributed by atoms with E-state index in [0.29, 0.717) is 12.3 Å². The molecule has 2 aromatic rings. The molecule has 2 N–H and O–H groups in total. The lowest BCUT2D eigenvalue weighted by Crippen LogP contribution is -2.26. The Bertz CT molecular complexity index is 599. The smallest absolute Gasteiger partial charge is 0.126 e. The number of rotatable bonds is 4.